The molecule has 2 aromatic rings. The predicted molar refractivity (Wildman–Crippen MR) is 83.1 cm³/mol. The Bertz CT molecular complexity index is 598. The molecule has 1 aliphatic heterocycles. The summed E-state index contributed by atoms with van der Waals surface area (Å²) in [5.41, 5.74) is 2.39. The first-order valence-corrected chi connectivity index (χ1v) is 8.23. The van der Waals surface area contributed by atoms with Gasteiger partial charge in [-0.2, -0.15) is 5.10 Å². The van der Waals surface area contributed by atoms with Gasteiger partial charge in [-0.25, -0.2) is 0 Å². The highest BCUT2D eigenvalue weighted by Gasteiger charge is 2.27. The van der Waals surface area contributed by atoms with Crippen LogP contribution >= 0.6 is 11.8 Å². The molecule has 0 saturated carbocycles. The molecule has 1 aliphatic rings. The van der Waals surface area contributed by atoms with Crippen molar-refractivity contribution < 1.29 is 9.53 Å². The van der Waals surface area contributed by atoms with E-state index in [1.54, 1.807) is 18.0 Å². The lowest BCUT2D eigenvalue weighted by atomic mass is 10.0. The molecular formula is C16H18N2O2S. The molecule has 0 bridgehead atoms. The van der Waals surface area contributed by atoms with Gasteiger partial charge in [-0.1, -0.05) is 24.3 Å². The van der Waals surface area contributed by atoms with E-state index < -0.39 is 0 Å². The van der Waals surface area contributed by atoms with Crippen molar-refractivity contribution in [3.63, 3.8) is 0 Å². The Kier molecular flexibility index (Phi) is 4.60. The molecule has 0 N–H and O–H groups in total. The Morgan fingerprint density at radius 2 is 2.29 bits per heavy atom. The number of hydrogen-bond donors (Lipinski definition) is 0. The van der Waals surface area contributed by atoms with Crippen LogP contribution in [0.4, 0.5) is 0 Å². The topological polar surface area (TPSA) is 44.1 Å². The van der Waals surface area contributed by atoms with E-state index >= 15 is 0 Å². The van der Waals surface area contributed by atoms with Crippen molar-refractivity contribution in [3.05, 3.63) is 53.9 Å². The molecule has 3 rings (SSSR count). The molecule has 1 aromatic heterocycles. The number of benzene rings is 1. The summed E-state index contributed by atoms with van der Waals surface area (Å²) in [5, 5.41) is 3.96. The summed E-state index contributed by atoms with van der Waals surface area (Å²) in [6, 6.07) is 10.1. The Hall–Kier alpha value is -1.75. The fraction of sp³-hybridized carbons (Fsp3) is 0.375. The summed E-state index contributed by atoms with van der Waals surface area (Å²) >= 11 is 1.68. The van der Waals surface area contributed by atoms with Gasteiger partial charge < -0.3 is 4.74 Å². The highest BCUT2D eigenvalue weighted by Crippen LogP contribution is 2.37. The number of fused-ring (bicyclic) bond motifs is 1. The van der Waals surface area contributed by atoms with E-state index in [0.29, 0.717) is 6.61 Å². The quantitative estimate of drug-likeness (QED) is 0.629. The number of ether oxygens (including phenoxy) is 1. The lowest BCUT2D eigenvalue weighted by molar-refractivity contribution is -0.143. The van der Waals surface area contributed by atoms with Gasteiger partial charge in [-0.15, -0.1) is 11.8 Å². The number of aromatic nitrogens is 2. The first kappa shape index (κ1) is 14.2. The molecule has 21 heavy (non-hydrogen) atoms. The number of esters is 1. The molecule has 1 aromatic carbocycles. The monoisotopic (exact) mass is 302 g/mol. The van der Waals surface area contributed by atoms with Gasteiger partial charge in [-0.05, 0) is 29.4 Å². The van der Waals surface area contributed by atoms with Gasteiger partial charge in [0.2, 0.25) is 0 Å². The number of aryl methyl sites for hydroxylation is 2. The Morgan fingerprint density at radius 3 is 3.14 bits per heavy atom. The maximum absolute atomic E-state index is 12.3. The Balaban J connectivity index is 1.52. The van der Waals surface area contributed by atoms with Gasteiger partial charge in [-0.3, -0.25) is 9.48 Å². The molecule has 0 saturated heterocycles. The molecule has 4 nitrogen and oxygen atoms in total. The van der Waals surface area contributed by atoms with Crippen molar-refractivity contribution in [1.29, 1.82) is 0 Å². The zero-order valence-corrected chi connectivity index (χ0v) is 12.6. The highest BCUT2D eigenvalue weighted by molar-refractivity contribution is 8.00. The minimum absolute atomic E-state index is 0.118. The maximum Gasteiger partial charge on any atom is 0.323 e. The van der Waals surface area contributed by atoms with Crippen LogP contribution in [0.1, 0.15) is 22.8 Å². The molecule has 0 aliphatic carbocycles. The van der Waals surface area contributed by atoms with Crippen molar-refractivity contribution in [2.45, 2.75) is 24.6 Å². The molecule has 0 spiro atoms. The second-order valence-corrected chi connectivity index (χ2v) is 6.20. The molecule has 0 amide bonds. The molecule has 0 radical (unpaired) electrons. The zero-order chi connectivity index (χ0) is 14.5. The third kappa shape index (κ3) is 3.47. The summed E-state index contributed by atoms with van der Waals surface area (Å²) in [7, 11) is 0. The van der Waals surface area contributed by atoms with Gasteiger partial charge in [0.15, 0.2) is 0 Å². The van der Waals surface area contributed by atoms with E-state index in [-0.39, 0.29) is 11.2 Å². The second-order valence-electron chi connectivity index (χ2n) is 4.99. The summed E-state index contributed by atoms with van der Waals surface area (Å²) in [6.45, 7) is 1.21. The van der Waals surface area contributed by atoms with Crippen molar-refractivity contribution in [3.8, 4) is 0 Å². The number of carbonyl (C=O) groups is 1. The lowest BCUT2D eigenvalue weighted by Gasteiger charge is -2.23. The van der Waals surface area contributed by atoms with Crippen LogP contribution < -0.4 is 0 Å². The summed E-state index contributed by atoms with van der Waals surface area (Å²) < 4.78 is 7.28. The van der Waals surface area contributed by atoms with Gasteiger partial charge in [0.1, 0.15) is 5.25 Å². The van der Waals surface area contributed by atoms with E-state index in [4.69, 9.17) is 4.74 Å². The Morgan fingerprint density at radius 1 is 1.38 bits per heavy atom. The summed E-state index contributed by atoms with van der Waals surface area (Å²) in [6.07, 6.45) is 5.48. The van der Waals surface area contributed by atoms with Crippen molar-refractivity contribution in [2.24, 2.45) is 0 Å². The third-order valence-electron chi connectivity index (χ3n) is 3.54. The number of rotatable bonds is 5. The molecule has 2 heterocycles. The van der Waals surface area contributed by atoms with Crippen molar-refractivity contribution in [2.75, 3.05) is 12.4 Å². The van der Waals surface area contributed by atoms with Gasteiger partial charge >= 0.3 is 5.97 Å². The second kappa shape index (κ2) is 6.80. The average molecular weight is 302 g/mol. The van der Waals surface area contributed by atoms with Crippen LogP contribution in [-0.2, 0) is 22.5 Å². The molecule has 0 unspecified atom stereocenters. The average Bonchev–Trinajstić information content (AvgIpc) is 3.04. The van der Waals surface area contributed by atoms with Crippen LogP contribution in [0.5, 0.6) is 0 Å². The van der Waals surface area contributed by atoms with Crippen molar-refractivity contribution in [1.82, 2.24) is 9.78 Å². The first-order chi connectivity index (χ1) is 10.3. The van der Waals surface area contributed by atoms with Crippen LogP contribution in [0, 0.1) is 0 Å². The minimum atomic E-state index is -0.167. The molecule has 5 heteroatoms. The minimum Gasteiger partial charge on any atom is -0.465 e. The van der Waals surface area contributed by atoms with Gasteiger partial charge in [0.25, 0.3) is 0 Å². The van der Waals surface area contributed by atoms with E-state index in [2.05, 4.69) is 11.2 Å². The summed E-state index contributed by atoms with van der Waals surface area (Å²) in [5.74, 6) is 0.858. The van der Waals surface area contributed by atoms with Crippen LogP contribution in [0.25, 0.3) is 0 Å². The van der Waals surface area contributed by atoms with Crippen LogP contribution in [-0.4, -0.2) is 28.1 Å². The van der Waals surface area contributed by atoms with Crippen molar-refractivity contribution >= 4 is 17.7 Å². The number of thioether (sulfide) groups is 1. The highest BCUT2D eigenvalue weighted by atomic mass is 32.2. The zero-order valence-electron chi connectivity index (χ0n) is 11.8. The SMILES string of the molecule is O=C(OCCCn1cccn1)[C@H]1SCCc2ccccc21. The third-order valence-corrected chi connectivity index (χ3v) is 4.76. The normalized spacial score (nSPS) is 17.2. The van der Waals surface area contributed by atoms with Crippen LogP contribution in [0.3, 0.4) is 0 Å². The number of carbonyl (C=O) groups excluding carboxylic acids is 1. The van der Waals surface area contributed by atoms with E-state index in [1.165, 1.54) is 5.56 Å². The standard InChI is InChI=1S/C16H18N2O2S/c19-16(20-11-4-10-18-9-3-8-17-18)15-14-6-2-1-5-13(14)7-12-21-15/h1-3,5-6,8-9,15H,4,7,10-12H2/t15-/m0/s1. The summed E-state index contributed by atoms with van der Waals surface area (Å²) in [4.78, 5) is 12.3. The number of nitrogens with zero attached hydrogens (tertiary/aromatic N) is 2. The van der Waals surface area contributed by atoms with Gasteiger partial charge in [0.05, 0.1) is 6.61 Å². The first-order valence-electron chi connectivity index (χ1n) is 7.18. The number of hydrogen-bond acceptors (Lipinski definition) is 4. The molecule has 1 atom stereocenters. The fourth-order valence-electron chi connectivity index (χ4n) is 2.50. The lowest BCUT2D eigenvalue weighted by Crippen LogP contribution is -2.19. The largest absolute Gasteiger partial charge is 0.465 e. The van der Waals surface area contributed by atoms with Crippen LogP contribution in [0.2, 0.25) is 0 Å². The maximum atomic E-state index is 12.3. The molecule has 0 fully saturated rings. The van der Waals surface area contributed by atoms with E-state index in [1.807, 2.05) is 35.1 Å². The van der Waals surface area contributed by atoms with E-state index in [9.17, 15) is 4.79 Å². The van der Waals surface area contributed by atoms with Gasteiger partial charge in [0, 0.05) is 25.4 Å². The fourth-order valence-corrected chi connectivity index (χ4v) is 3.68. The Labute approximate surface area is 128 Å². The van der Waals surface area contributed by atoms with E-state index in [0.717, 1.165) is 30.7 Å². The predicted octanol–water partition coefficient (Wildman–Crippen LogP) is 2.85. The smallest absolute Gasteiger partial charge is 0.323 e. The molecule has 110 valence electrons. The van der Waals surface area contributed by atoms with Crippen LogP contribution in [0.15, 0.2) is 42.7 Å². The molecular weight excluding hydrogens is 284 g/mol.